The molecular weight excluding hydrogens is 602 g/mol. The van der Waals surface area contributed by atoms with E-state index in [-0.39, 0.29) is 58.5 Å². The molecule has 0 spiro atoms. The SMILES string of the molecule is CCCCCc1ccc(C2CCC(C(=O)OC3CCC(c4ccc(-c5ccc(CC)c(F)c5F)c(F)c4F)CC3)CC2)c(F)c1F. The Morgan fingerprint density at radius 2 is 1.11 bits per heavy atom. The second kappa shape index (κ2) is 15.1. The molecule has 0 radical (unpaired) electrons. The summed E-state index contributed by atoms with van der Waals surface area (Å²) in [6, 6.07) is 8.77. The molecule has 3 aromatic rings. The molecule has 46 heavy (non-hydrogen) atoms. The van der Waals surface area contributed by atoms with Crippen molar-refractivity contribution >= 4 is 5.97 Å². The third kappa shape index (κ3) is 7.16. The highest BCUT2D eigenvalue weighted by Gasteiger charge is 2.34. The summed E-state index contributed by atoms with van der Waals surface area (Å²) < 4.78 is 94.8. The van der Waals surface area contributed by atoms with Crippen molar-refractivity contribution in [2.45, 2.75) is 115 Å². The third-order valence-corrected chi connectivity index (χ3v) is 10.1. The Kier molecular flexibility index (Phi) is 11.2. The number of rotatable bonds is 10. The van der Waals surface area contributed by atoms with Gasteiger partial charge in [0.25, 0.3) is 0 Å². The number of hydrogen-bond acceptors (Lipinski definition) is 2. The van der Waals surface area contributed by atoms with Crippen molar-refractivity contribution in [2.24, 2.45) is 5.92 Å². The van der Waals surface area contributed by atoms with Gasteiger partial charge in [0.1, 0.15) is 6.10 Å². The van der Waals surface area contributed by atoms with Crippen LogP contribution in [0.4, 0.5) is 26.3 Å². The smallest absolute Gasteiger partial charge is 0.309 e. The molecule has 0 heterocycles. The number of ether oxygens (including phenoxy) is 1. The van der Waals surface area contributed by atoms with Crippen LogP contribution in [-0.2, 0) is 22.4 Å². The summed E-state index contributed by atoms with van der Waals surface area (Å²) in [5, 5.41) is 0. The van der Waals surface area contributed by atoms with Gasteiger partial charge in [-0.1, -0.05) is 63.1 Å². The lowest BCUT2D eigenvalue weighted by molar-refractivity contribution is -0.157. The first kappa shape index (κ1) is 34.1. The highest BCUT2D eigenvalue weighted by atomic mass is 19.2. The second-order valence-corrected chi connectivity index (χ2v) is 12.9. The standard InChI is InChI=1S/C38H42F6O2/c1-3-5-6-7-25-15-18-28(34(41)33(25)40)23-8-10-26(11-9-23)38(45)46-27-16-12-24(13-17-27)29-20-21-31(37(44)35(29)42)30-19-14-22(4-2)32(39)36(30)43/h14-15,18-21,23-24,26-27H,3-13,16-17H2,1-2H3. The molecule has 248 valence electrons. The van der Waals surface area contributed by atoms with Crippen molar-refractivity contribution in [1.82, 2.24) is 0 Å². The summed E-state index contributed by atoms with van der Waals surface area (Å²) in [7, 11) is 0. The van der Waals surface area contributed by atoms with E-state index < -0.39 is 34.9 Å². The van der Waals surface area contributed by atoms with E-state index in [4.69, 9.17) is 4.74 Å². The molecule has 2 aliphatic carbocycles. The van der Waals surface area contributed by atoms with Gasteiger partial charge < -0.3 is 4.74 Å². The van der Waals surface area contributed by atoms with Gasteiger partial charge in [-0.15, -0.1) is 0 Å². The zero-order valence-electron chi connectivity index (χ0n) is 26.6. The second-order valence-electron chi connectivity index (χ2n) is 12.9. The van der Waals surface area contributed by atoms with Gasteiger partial charge in [-0.25, -0.2) is 26.3 Å². The highest BCUT2D eigenvalue weighted by molar-refractivity contribution is 5.72. The lowest BCUT2D eigenvalue weighted by Gasteiger charge is -2.32. The fraction of sp³-hybridized carbons (Fsp3) is 0.500. The maximum absolute atomic E-state index is 15.2. The Labute approximate surface area is 267 Å². The van der Waals surface area contributed by atoms with Gasteiger partial charge in [0.2, 0.25) is 0 Å². The zero-order valence-corrected chi connectivity index (χ0v) is 26.6. The number of halogens is 6. The summed E-state index contributed by atoms with van der Waals surface area (Å²) in [5.41, 5.74) is 0.476. The first-order valence-electron chi connectivity index (χ1n) is 16.8. The van der Waals surface area contributed by atoms with E-state index in [1.807, 2.05) is 0 Å². The van der Waals surface area contributed by atoms with Crippen molar-refractivity contribution < 1.29 is 35.9 Å². The molecule has 2 fully saturated rings. The number of hydrogen-bond donors (Lipinski definition) is 0. The van der Waals surface area contributed by atoms with Crippen LogP contribution in [0.25, 0.3) is 11.1 Å². The van der Waals surface area contributed by atoms with Gasteiger partial charge in [0, 0.05) is 11.1 Å². The lowest BCUT2D eigenvalue weighted by Crippen LogP contribution is -2.30. The minimum Gasteiger partial charge on any atom is -0.462 e. The molecule has 0 bridgehead atoms. The third-order valence-electron chi connectivity index (χ3n) is 10.1. The molecule has 0 unspecified atom stereocenters. The Morgan fingerprint density at radius 1 is 0.609 bits per heavy atom. The minimum absolute atomic E-state index is 0.147. The largest absolute Gasteiger partial charge is 0.462 e. The number of unbranched alkanes of at least 4 members (excludes halogenated alkanes) is 2. The van der Waals surface area contributed by atoms with Crippen LogP contribution in [0.1, 0.15) is 119 Å². The van der Waals surface area contributed by atoms with Gasteiger partial charge in [-0.3, -0.25) is 4.79 Å². The van der Waals surface area contributed by atoms with Gasteiger partial charge in [-0.2, -0.15) is 0 Å². The summed E-state index contributed by atoms with van der Waals surface area (Å²) in [6.07, 6.45) is 7.39. The highest BCUT2D eigenvalue weighted by Crippen LogP contribution is 2.41. The van der Waals surface area contributed by atoms with Crippen LogP contribution in [0, 0.1) is 40.8 Å². The van der Waals surface area contributed by atoms with Crippen molar-refractivity contribution in [1.29, 1.82) is 0 Å². The number of aryl methyl sites for hydroxylation is 2. The zero-order chi connectivity index (χ0) is 33.0. The summed E-state index contributed by atoms with van der Waals surface area (Å²) in [4.78, 5) is 13.0. The fourth-order valence-corrected chi connectivity index (χ4v) is 7.23. The molecule has 0 N–H and O–H groups in total. The molecule has 0 atom stereocenters. The van der Waals surface area contributed by atoms with E-state index in [0.717, 1.165) is 19.3 Å². The molecule has 8 heteroatoms. The number of carbonyl (C=O) groups excluding carboxylic acids is 1. The minimum atomic E-state index is -1.21. The van der Waals surface area contributed by atoms with Crippen LogP contribution < -0.4 is 0 Å². The lowest BCUT2D eigenvalue weighted by atomic mass is 9.78. The fourth-order valence-electron chi connectivity index (χ4n) is 7.23. The first-order chi connectivity index (χ1) is 22.1. The molecule has 3 aromatic carbocycles. The molecule has 0 saturated heterocycles. The van der Waals surface area contributed by atoms with Gasteiger partial charge >= 0.3 is 5.97 Å². The van der Waals surface area contributed by atoms with Gasteiger partial charge in [-0.05, 0) is 105 Å². The molecule has 0 amide bonds. The van der Waals surface area contributed by atoms with E-state index in [1.165, 1.54) is 24.3 Å². The van der Waals surface area contributed by atoms with E-state index in [9.17, 15) is 22.4 Å². The van der Waals surface area contributed by atoms with Crippen LogP contribution in [0.5, 0.6) is 0 Å². The van der Waals surface area contributed by atoms with Crippen LogP contribution in [0.3, 0.4) is 0 Å². The molecule has 2 aliphatic rings. The topological polar surface area (TPSA) is 26.3 Å². The molecule has 2 nitrogen and oxygen atoms in total. The molecule has 2 saturated carbocycles. The quantitative estimate of drug-likeness (QED) is 0.125. The summed E-state index contributed by atoms with van der Waals surface area (Å²) in [5.74, 6) is -7.13. The summed E-state index contributed by atoms with van der Waals surface area (Å²) >= 11 is 0. The van der Waals surface area contributed by atoms with E-state index in [2.05, 4.69) is 6.92 Å². The predicted molar refractivity (Wildman–Crippen MR) is 166 cm³/mol. The predicted octanol–water partition coefficient (Wildman–Crippen LogP) is 11.0. The Balaban J connectivity index is 1.13. The van der Waals surface area contributed by atoms with Crippen LogP contribution in [-0.4, -0.2) is 12.1 Å². The molecule has 0 aliphatic heterocycles. The number of carbonyl (C=O) groups is 1. The van der Waals surface area contributed by atoms with E-state index in [1.54, 1.807) is 19.1 Å². The Bertz CT molecular complexity index is 1540. The number of esters is 1. The molecule has 0 aromatic heterocycles. The maximum atomic E-state index is 15.2. The van der Waals surface area contributed by atoms with E-state index >= 15 is 8.78 Å². The normalized spacial score (nSPS) is 21.7. The summed E-state index contributed by atoms with van der Waals surface area (Å²) in [6.45, 7) is 3.74. The van der Waals surface area contributed by atoms with Crippen LogP contribution >= 0.6 is 0 Å². The van der Waals surface area contributed by atoms with Crippen molar-refractivity contribution in [3.63, 3.8) is 0 Å². The average molecular weight is 645 g/mol. The monoisotopic (exact) mass is 644 g/mol. The van der Waals surface area contributed by atoms with Crippen LogP contribution in [0.15, 0.2) is 36.4 Å². The van der Waals surface area contributed by atoms with Crippen molar-refractivity contribution in [2.75, 3.05) is 0 Å². The van der Waals surface area contributed by atoms with Crippen LogP contribution in [0.2, 0.25) is 0 Å². The Morgan fingerprint density at radius 3 is 1.72 bits per heavy atom. The maximum Gasteiger partial charge on any atom is 0.309 e. The number of benzene rings is 3. The van der Waals surface area contributed by atoms with Gasteiger partial charge in [0.15, 0.2) is 34.9 Å². The Hall–Kier alpha value is -3.29. The van der Waals surface area contributed by atoms with Crippen molar-refractivity contribution in [3.05, 3.63) is 93.6 Å². The molecular formula is C38H42F6O2. The van der Waals surface area contributed by atoms with Crippen molar-refractivity contribution in [3.8, 4) is 11.1 Å². The average Bonchev–Trinajstić information content (AvgIpc) is 3.06. The molecule has 5 rings (SSSR count). The van der Waals surface area contributed by atoms with E-state index in [0.29, 0.717) is 68.9 Å². The first-order valence-corrected chi connectivity index (χ1v) is 16.8. The van der Waals surface area contributed by atoms with Gasteiger partial charge in [0.05, 0.1) is 5.92 Å².